The standard InChI is InChI=1S/C19H23NO6/c1-11-3-2-4-13(20-11)10-25-14-7-5-12(6-8-14)19-18(24)17(23)16(22)15(9-21)26-19/h2-8,15-19,21-24H,9-10H2,1H3/t15?,16-,17?,18?,19-/m1/s1. The number of aromatic nitrogens is 1. The van der Waals surface area contributed by atoms with E-state index in [-0.39, 0.29) is 0 Å². The number of aliphatic hydroxyl groups is 4. The minimum Gasteiger partial charge on any atom is -0.487 e. The Bertz CT molecular complexity index is 720. The molecule has 1 aromatic heterocycles. The highest BCUT2D eigenvalue weighted by atomic mass is 16.5. The van der Waals surface area contributed by atoms with Crippen LogP contribution in [0.2, 0.25) is 0 Å². The fourth-order valence-electron chi connectivity index (χ4n) is 2.97. The number of nitrogens with zero attached hydrogens (tertiary/aromatic N) is 1. The number of hydrogen-bond acceptors (Lipinski definition) is 7. The van der Waals surface area contributed by atoms with Crippen molar-refractivity contribution in [2.24, 2.45) is 0 Å². The van der Waals surface area contributed by atoms with Crippen LogP contribution in [0.1, 0.15) is 23.1 Å². The molecule has 4 N–H and O–H groups in total. The lowest BCUT2D eigenvalue weighted by atomic mass is 9.91. The van der Waals surface area contributed by atoms with E-state index >= 15 is 0 Å². The van der Waals surface area contributed by atoms with E-state index in [1.807, 2.05) is 25.1 Å². The molecule has 1 saturated heterocycles. The lowest BCUT2D eigenvalue weighted by molar-refractivity contribution is -0.231. The molecule has 0 saturated carbocycles. The highest BCUT2D eigenvalue weighted by molar-refractivity contribution is 5.30. The van der Waals surface area contributed by atoms with Crippen LogP contribution in [0.15, 0.2) is 42.5 Å². The largest absolute Gasteiger partial charge is 0.487 e. The van der Waals surface area contributed by atoms with Gasteiger partial charge in [0.25, 0.3) is 0 Å². The van der Waals surface area contributed by atoms with Gasteiger partial charge in [-0.1, -0.05) is 18.2 Å². The zero-order valence-electron chi connectivity index (χ0n) is 14.4. The Morgan fingerprint density at radius 2 is 1.73 bits per heavy atom. The first-order chi connectivity index (χ1) is 12.5. The first-order valence-electron chi connectivity index (χ1n) is 8.45. The second-order valence-electron chi connectivity index (χ2n) is 6.38. The molecule has 0 amide bonds. The van der Waals surface area contributed by atoms with E-state index in [4.69, 9.17) is 9.47 Å². The number of hydrogen-bond donors (Lipinski definition) is 4. The van der Waals surface area contributed by atoms with Crippen molar-refractivity contribution in [3.05, 3.63) is 59.4 Å². The van der Waals surface area contributed by atoms with Gasteiger partial charge in [-0.2, -0.15) is 0 Å². The van der Waals surface area contributed by atoms with E-state index in [9.17, 15) is 20.4 Å². The van der Waals surface area contributed by atoms with Crippen LogP contribution in [0.5, 0.6) is 5.75 Å². The lowest BCUT2D eigenvalue weighted by Crippen LogP contribution is -2.55. The molecule has 1 fully saturated rings. The summed E-state index contributed by atoms with van der Waals surface area (Å²) >= 11 is 0. The van der Waals surface area contributed by atoms with Gasteiger partial charge in [0.15, 0.2) is 0 Å². The number of rotatable bonds is 5. The van der Waals surface area contributed by atoms with Gasteiger partial charge in [-0.25, -0.2) is 0 Å². The molecule has 1 aromatic carbocycles. The highest BCUT2D eigenvalue weighted by Gasteiger charge is 2.43. The van der Waals surface area contributed by atoms with Crippen LogP contribution in [0.25, 0.3) is 0 Å². The van der Waals surface area contributed by atoms with E-state index in [0.29, 0.717) is 17.9 Å². The normalized spacial score (nSPS) is 28.7. The van der Waals surface area contributed by atoms with E-state index in [2.05, 4.69) is 4.98 Å². The minimum atomic E-state index is -1.39. The quantitative estimate of drug-likeness (QED) is 0.613. The van der Waals surface area contributed by atoms with Crippen LogP contribution in [0.3, 0.4) is 0 Å². The summed E-state index contributed by atoms with van der Waals surface area (Å²) < 4.78 is 11.2. The molecule has 2 aromatic rings. The lowest BCUT2D eigenvalue weighted by Gasteiger charge is -2.40. The van der Waals surface area contributed by atoms with Crippen LogP contribution in [0, 0.1) is 6.92 Å². The van der Waals surface area contributed by atoms with E-state index in [1.165, 1.54) is 0 Å². The summed E-state index contributed by atoms with van der Waals surface area (Å²) in [6.07, 6.45) is -5.83. The van der Waals surface area contributed by atoms with Gasteiger partial charge in [-0.15, -0.1) is 0 Å². The number of aryl methyl sites for hydroxylation is 1. The molecule has 0 bridgehead atoms. The predicted octanol–water partition coefficient (Wildman–Crippen LogP) is 0.484. The van der Waals surface area contributed by atoms with Gasteiger partial charge in [-0.05, 0) is 36.8 Å². The molecule has 5 atom stereocenters. The minimum absolute atomic E-state index is 0.334. The SMILES string of the molecule is Cc1cccc(COc2ccc([C@H]3OC(CO)[C@@H](O)C(O)C3O)cc2)n1. The van der Waals surface area contributed by atoms with Gasteiger partial charge in [-0.3, -0.25) is 4.98 Å². The second kappa shape index (κ2) is 8.11. The van der Waals surface area contributed by atoms with Gasteiger partial charge in [0.05, 0.1) is 12.3 Å². The van der Waals surface area contributed by atoms with Gasteiger partial charge in [0, 0.05) is 5.69 Å². The van der Waals surface area contributed by atoms with Crippen LogP contribution in [-0.2, 0) is 11.3 Å². The maximum absolute atomic E-state index is 10.2. The van der Waals surface area contributed by atoms with Gasteiger partial charge >= 0.3 is 0 Å². The van der Waals surface area contributed by atoms with Gasteiger partial charge in [0.2, 0.25) is 0 Å². The topological polar surface area (TPSA) is 112 Å². The van der Waals surface area contributed by atoms with Crippen molar-refractivity contribution >= 4 is 0 Å². The molecule has 7 heteroatoms. The zero-order valence-corrected chi connectivity index (χ0v) is 14.4. The molecular formula is C19H23NO6. The van der Waals surface area contributed by atoms with Crippen LogP contribution in [0.4, 0.5) is 0 Å². The monoisotopic (exact) mass is 361 g/mol. The summed E-state index contributed by atoms with van der Waals surface area (Å²) in [6.45, 7) is 1.80. The summed E-state index contributed by atoms with van der Waals surface area (Å²) in [5.41, 5.74) is 2.36. The highest BCUT2D eigenvalue weighted by Crippen LogP contribution is 2.33. The third-order valence-electron chi connectivity index (χ3n) is 4.43. The molecule has 3 unspecified atom stereocenters. The van der Waals surface area contributed by atoms with Crippen molar-refractivity contribution < 1.29 is 29.9 Å². The molecule has 2 heterocycles. The molecule has 1 aliphatic rings. The van der Waals surface area contributed by atoms with Crippen LogP contribution in [-0.4, -0.2) is 56.4 Å². The fraction of sp³-hybridized carbons (Fsp3) is 0.421. The third-order valence-corrected chi connectivity index (χ3v) is 4.43. The van der Waals surface area contributed by atoms with Crippen molar-refractivity contribution in [1.29, 1.82) is 0 Å². The molecule has 140 valence electrons. The number of benzene rings is 1. The van der Waals surface area contributed by atoms with Gasteiger partial charge < -0.3 is 29.9 Å². The van der Waals surface area contributed by atoms with Crippen molar-refractivity contribution in [1.82, 2.24) is 4.98 Å². The van der Waals surface area contributed by atoms with Crippen molar-refractivity contribution in [3.8, 4) is 5.75 Å². The average molecular weight is 361 g/mol. The molecule has 1 aliphatic heterocycles. The Kier molecular flexibility index (Phi) is 5.85. The fourth-order valence-corrected chi connectivity index (χ4v) is 2.97. The molecule has 0 aliphatic carbocycles. The Morgan fingerprint density at radius 1 is 1.00 bits per heavy atom. The van der Waals surface area contributed by atoms with E-state index in [1.54, 1.807) is 24.3 Å². The van der Waals surface area contributed by atoms with Crippen molar-refractivity contribution in [3.63, 3.8) is 0 Å². The Labute approximate surface area is 151 Å². The van der Waals surface area contributed by atoms with E-state index < -0.39 is 37.1 Å². The van der Waals surface area contributed by atoms with Gasteiger partial charge in [0.1, 0.15) is 42.9 Å². The Hall–Kier alpha value is -2.03. The summed E-state index contributed by atoms with van der Waals surface area (Å²) in [7, 11) is 0. The van der Waals surface area contributed by atoms with Crippen molar-refractivity contribution in [2.75, 3.05) is 6.61 Å². The zero-order chi connectivity index (χ0) is 18.7. The molecular weight excluding hydrogens is 338 g/mol. The summed E-state index contributed by atoms with van der Waals surface area (Å²) in [6, 6.07) is 12.6. The van der Waals surface area contributed by atoms with E-state index in [0.717, 1.165) is 11.4 Å². The molecule has 3 rings (SSSR count). The summed E-state index contributed by atoms with van der Waals surface area (Å²) in [4.78, 5) is 4.37. The molecule has 26 heavy (non-hydrogen) atoms. The third kappa shape index (κ3) is 4.03. The first kappa shape index (κ1) is 18.8. The average Bonchev–Trinajstić information content (AvgIpc) is 2.65. The smallest absolute Gasteiger partial charge is 0.130 e. The summed E-state index contributed by atoms with van der Waals surface area (Å²) in [5.74, 6) is 0.627. The Balaban J connectivity index is 1.67. The predicted molar refractivity (Wildman–Crippen MR) is 92.5 cm³/mol. The number of aliphatic hydroxyl groups excluding tert-OH is 4. The summed E-state index contributed by atoms with van der Waals surface area (Å²) in [5, 5.41) is 39.2. The van der Waals surface area contributed by atoms with Crippen LogP contribution < -0.4 is 4.74 Å². The maximum Gasteiger partial charge on any atom is 0.130 e. The number of pyridine rings is 1. The van der Waals surface area contributed by atoms with Crippen LogP contribution >= 0.6 is 0 Å². The second-order valence-corrected chi connectivity index (χ2v) is 6.38. The maximum atomic E-state index is 10.2. The molecule has 0 spiro atoms. The molecule has 7 nitrogen and oxygen atoms in total. The van der Waals surface area contributed by atoms with Crippen molar-refractivity contribution in [2.45, 2.75) is 44.1 Å². The number of ether oxygens (including phenoxy) is 2. The Morgan fingerprint density at radius 3 is 2.38 bits per heavy atom. The molecule has 0 radical (unpaired) electrons. The first-order valence-corrected chi connectivity index (χ1v) is 8.45.